The topological polar surface area (TPSA) is 134 Å². The molecule has 0 aromatic heterocycles. The van der Waals surface area contributed by atoms with Crippen LogP contribution in [0.2, 0.25) is 5.02 Å². The van der Waals surface area contributed by atoms with Crippen LogP contribution in [-0.2, 0) is 4.79 Å². The molecule has 0 aliphatic heterocycles. The van der Waals surface area contributed by atoms with Gasteiger partial charge in [0.2, 0.25) is 11.7 Å². The predicted molar refractivity (Wildman–Crippen MR) is 117 cm³/mol. The van der Waals surface area contributed by atoms with Gasteiger partial charge in [-0.05, 0) is 35.9 Å². The maximum atomic E-state index is 12.7. The van der Waals surface area contributed by atoms with Gasteiger partial charge in [0.25, 0.3) is 5.91 Å². The van der Waals surface area contributed by atoms with Crippen LogP contribution >= 0.6 is 11.6 Å². The molecule has 1 atom stereocenters. The van der Waals surface area contributed by atoms with Gasteiger partial charge < -0.3 is 20.5 Å². The standard InChI is InChI=1S/C22H18ClN3O6/c1-31-19-11-14(22(28)25-20(21(24)27)13-5-3-2-4-6-13)7-9-18(19)32-17-10-8-15(23)12-16(17)26(29)30/h2-12,20H,1H3,(H2,24,27)(H,25,28). The van der Waals surface area contributed by atoms with Crippen LogP contribution in [0.5, 0.6) is 17.2 Å². The summed E-state index contributed by atoms with van der Waals surface area (Å²) in [6.45, 7) is 0. The number of methoxy groups -OCH3 is 1. The van der Waals surface area contributed by atoms with Crippen LogP contribution in [0.4, 0.5) is 5.69 Å². The average Bonchev–Trinajstić information content (AvgIpc) is 2.78. The molecule has 0 fully saturated rings. The van der Waals surface area contributed by atoms with Crippen molar-refractivity contribution in [3.63, 3.8) is 0 Å². The zero-order valence-electron chi connectivity index (χ0n) is 16.8. The molecule has 0 aliphatic rings. The Morgan fingerprint density at radius 1 is 1.03 bits per heavy atom. The molecule has 1 unspecified atom stereocenters. The normalized spacial score (nSPS) is 11.3. The highest BCUT2D eigenvalue weighted by atomic mass is 35.5. The number of nitrogens with one attached hydrogen (secondary N) is 1. The number of nitro benzene ring substituents is 1. The zero-order valence-corrected chi connectivity index (χ0v) is 17.5. The molecule has 9 nitrogen and oxygen atoms in total. The Bertz CT molecular complexity index is 1170. The van der Waals surface area contributed by atoms with Gasteiger partial charge in [-0.1, -0.05) is 41.9 Å². The van der Waals surface area contributed by atoms with Gasteiger partial charge in [-0.3, -0.25) is 19.7 Å². The van der Waals surface area contributed by atoms with Crippen molar-refractivity contribution in [2.75, 3.05) is 7.11 Å². The molecule has 0 aliphatic carbocycles. The molecule has 164 valence electrons. The Morgan fingerprint density at radius 2 is 1.72 bits per heavy atom. The first kappa shape index (κ1) is 22.6. The van der Waals surface area contributed by atoms with E-state index >= 15 is 0 Å². The Kier molecular flexibility index (Phi) is 6.91. The molecule has 3 rings (SSSR count). The van der Waals surface area contributed by atoms with Crippen LogP contribution in [0.3, 0.4) is 0 Å². The monoisotopic (exact) mass is 455 g/mol. The number of carbonyl (C=O) groups excluding carboxylic acids is 2. The van der Waals surface area contributed by atoms with Gasteiger partial charge in [-0.2, -0.15) is 0 Å². The Labute approximate surface area is 187 Å². The summed E-state index contributed by atoms with van der Waals surface area (Å²) in [5.74, 6) is -1.04. The van der Waals surface area contributed by atoms with Gasteiger partial charge in [0, 0.05) is 16.7 Å². The molecular weight excluding hydrogens is 438 g/mol. The van der Waals surface area contributed by atoms with E-state index in [0.717, 1.165) is 0 Å². The average molecular weight is 456 g/mol. The number of rotatable bonds is 8. The van der Waals surface area contributed by atoms with E-state index in [1.165, 1.54) is 43.5 Å². The Balaban J connectivity index is 1.86. The molecule has 0 heterocycles. The van der Waals surface area contributed by atoms with Gasteiger partial charge in [-0.15, -0.1) is 0 Å². The van der Waals surface area contributed by atoms with Crippen molar-refractivity contribution in [3.8, 4) is 17.2 Å². The molecule has 10 heteroatoms. The third-order valence-corrected chi connectivity index (χ3v) is 4.69. The third kappa shape index (κ3) is 5.13. The van der Waals surface area contributed by atoms with Crippen molar-refractivity contribution in [3.05, 3.63) is 93.0 Å². The van der Waals surface area contributed by atoms with Crippen molar-refractivity contribution < 1.29 is 24.0 Å². The second kappa shape index (κ2) is 9.80. The van der Waals surface area contributed by atoms with Crippen LogP contribution < -0.4 is 20.5 Å². The number of ether oxygens (including phenoxy) is 2. The van der Waals surface area contributed by atoms with Crippen LogP contribution in [0, 0.1) is 10.1 Å². The summed E-state index contributed by atoms with van der Waals surface area (Å²) < 4.78 is 10.9. The molecule has 32 heavy (non-hydrogen) atoms. The lowest BCUT2D eigenvalue weighted by atomic mass is 10.1. The number of nitrogens with two attached hydrogens (primary N) is 1. The van der Waals surface area contributed by atoms with Gasteiger partial charge >= 0.3 is 5.69 Å². The summed E-state index contributed by atoms with van der Waals surface area (Å²) in [6.07, 6.45) is 0. The summed E-state index contributed by atoms with van der Waals surface area (Å²) in [6, 6.07) is 15.8. The predicted octanol–water partition coefficient (Wildman–Crippen LogP) is 4.01. The first-order chi connectivity index (χ1) is 15.3. The maximum absolute atomic E-state index is 12.7. The number of carbonyl (C=O) groups is 2. The highest BCUT2D eigenvalue weighted by Crippen LogP contribution is 2.38. The van der Waals surface area contributed by atoms with Crippen LogP contribution in [0.25, 0.3) is 0 Å². The molecule has 0 spiro atoms. The Hall–Kier alpha value is -4.11. The molecule has 3 aromatic rings. The van der Waals surface area contributed by atoms with E-state index in [9.17, 15) is 19.7 Å². The Morgan fingerprint density at radius 3 is 2.34 bits per heavy atom. The van der Waals surface area contributed by atoms with E-state index in [-0.39, 0.29) is 33.5 Å². The van der Waals surface area contributed by atoms with Crippen molar-refractivity contribution in [2.24, 2.45) is 5.73 Å². The van der Waals surface area contributed by atoms with Gasteiger partial charge in [0.15, 0.2) is 11.5 Å². The first-order valence-electron chi connectivity index (χ1n) is 9.25. The third-order valence-electron chi connectivity index (χ3n) is 4.46. The number of nitrogens with zero attached hydrogens (tertiary/aromatic N) is 1. The lowest BCUT2D eigenvalue weighted by Gasteiger charge is -2.17. The molecule has 0 radical (unpaired) electrons. The fourth-order valence-electron chi connectivity index (χ4n) is 2.91. The first-order valence-corrected chi connectivity index (χ1v) is 9.63. The van der Waals surface area contributed by atoms with Crippen LogP contribution in [-0.4, -0.2) is 23.8 Å². The van der Waals surface area contributed by atoms with Crippen molar-refractivity contribution >= 4 is 29.1 Å². The molecule has 0 bridgehead atoms. The van der Waals surface area contributed by atoms with Gasteiger partial charge in [0.1, 0.15) is 6.04 Å². The van der Waals surface area contributed by atoms with Crippen LogP contribution in [0.1, 0.15) is 22.0 Å². The van der Waals surface area contributed by atoms with E-state index < -0.39 is 22.8 Å². The SMILES string of the molecule is COc1cc(C(=O)NC(C(N)=O)c2ccccc2)ccc1Oc1ccc(Cl)cc1[N+](=O)[O-]. The highest BCUT2D eigenvalue weighted by Gasteiger charge is 2.23. The summed E-state index contributed by atoms with van der Waals surface area (Å²) in [5.41, 5.74) is 5.83. The smallest absolute Gasteiger partial charge is 0.313 e. The lowest BCUT2D eigenvalue weighted by Crippen LogP contribution is -2.37. The summed E-state index contributed by atoms with van der Waals surface area (Å²) in [5, 5.41) is 14.1. The second-order valence-corrected chi connectivity index (χ2v) is 6.99. The minimum absolute atomic E-state index is 0.0484. The van der Waals surface area contributed by atoms with Crippen molar-refractivity contribution in [2.45, 2.75) is 6.04 Å². The number of amides is 2. The van der Waals surface area contributed by atoms with Crippen molar-refractivity contribution in [1.29, 1.82) is 0 Å². The molecule has 0 saturated carbocycles. The summed E-state index contributed by atoms with van der Waals surface area (Å²) in [4.78, 5) is 35.2. The fourth-order valence-corrected chi connectivity index (χ4v) is 3.08. The summed E-state index contributed by atoms with van der Waals surface area (Å²) in [7, 11) is 1.36. The number of halogens is 1. The summed E-state index contributed by atoms with van der Waals surface area (Å²) >= 11 is 5.82. The molecule has 3 N–H and O–H groups in total. The van der Waals surface area contributed by atoms with E-state index in [1.807, 2.05) is 0 Å². The van der Waals surface area contributed by atoms with E-state index in [2.05, 4.69) is 5.32 Å². The van der Waals surface area contributed by atoms with Crippen LogP contribution in [0.15, 0.2) is 66.7 Å². The number of benzene rings is 3. The molecule has 2 amide bonds. The van der Waals surface area contributed by atoms with Gasteiger partial charge in [0.05, 0.1) is 12.0 Å². The number of hydrogen-bond acceptors (Lipinski definition) is 6. The number of hydrogen-bond donors (Lipinski definition) is 2. The number of primary amides is 1. The quantitative estimate of drug-likeness (QED) is 0.389. The largest absolute Gasteiger partial charge is 0.493 e. The highest BCUT2D eigenvalue weighted by molar-refractivity contribution is 6.30. The molecular formula is C22H18ClN3O6. The molecule has 0 saturated heterocycles. The van der Waals surface area contributed by atoms with Crippen molar-refractivity contribution in [1.82, 2.24) is 5.32 Å². The number of nitro groups is 1. The second-order valence-electron chi connectivity index (χ2n) is 6.56. The fraction of sp³-hybridized carbons (Fsp3) is 0.0909. The molecule has 3 aromatic carbocycles. The maximum Gasteiger partial charge on any atom is 0.313 e. The van der Waals surface area contributed by atoms with Gasteiger partial charge in [-0.25, -0.2) is 0 Å². The van der Waals surface area contributed by atoms with E-state index in [4.69, 9.17) is 26.8 Å². The van der Waals surface area contributed by atoms with E-state index in [0.29, 0.717) is 5.56 Å². The minimum atomic E-state index is -1.03. The minimum Gasteiger partial charge on any atom is -0.493 e. The lowest BCUT2D eigenvalue weighted by molar-refractivity contribution is -0.385. The van der Waals surface area contributed by atoms with E-state index in [1.54, 1.807) is 30.3 Å². The zero-order chi connectivity index (χ0) is 23.3.